The fraction of sp³-hybridized carbons (Fsp3) is 0.424. The highest BCUT2D eigenvalue weighted by Gasteiger charge is 2.34. The number of carbonyl (C=O) groups is 3. The predicted molar refractivity (Wildman–Crippen MR) is 174 cm³/mol. The summed E-state index contributed by atoms with van der Waals surface area (Å²) in [5.41, 5.74) is 1.22. The van der Waals surface area contributed by atoms with Crippen LogP contribution in [0.5, 0.6) is 0 Å². The Hall–Kier alpha value is -4.81. The maximum absolute atomic E-state index is 15.0. The van der Waals surface area contributed by atoms with E-state index in [0.29, 0.717) is 22.4 Å². The number of nitrogens with zero attached hydrogens (tertiary/aromatic N) is 4. The number of likely N-dealkylation sites (N-methyl/N-ethyl adjacent to an activating group) is 1. The molecule has 0 atom stereocenters. The lowest BCUT2D eigenvalue weighted by Crippen LogP contribution is -2.43. The van der Waals surface area contributed by atoms with Crippen LogP contribution in [0.1, 0.15) is 70.0 Å². The zero-order valence-electron chi connectivity index (χ0n) is 27.8. The summed E-state index contributed by atoms with van der Waals surface area (Å²) in [6.45, 7) is 15.2. The number of rotatable bonds is 8. The van der Waals surface area contributed by atoms with Crippen LogP contribution in [0.4, 0.5) is 35.8 Å². The molecular weight excluding hydrogens is 596 g/mol. The molecule has 2 aromatic carbocycles. The van der Waals surface area contributed by atoms with E-state index in [9.17, 15) is 14.4 Å². The van der Waals surface area contributed by atoms with Gasteiger partial charge in [0.05, 0.1) is 12.2 Å². The van der Waals surface area contributed by atoms with Crippen LogP contribution < -0.4 is 20.9 Å². The number of fused-ring (bicyclic) bond motifs is 1. The number of amides is 4. The molecule has 1 aliphatic rings. The van der Waals surface area contributed by atoms with Crippen molar-refractivity contribution in [1.82, 2.24) is 25.5 Å². The number of urea groups is 1. The third-order valence-electron chi connectivity index (χ3n) is 6.59. The van der Waals surface area contributed by atoms with Gasteiger partial charge in [0, 0.05) is 42.9 Å². The van der Waals surface area contributed by atoms with Gasteiger partial charge < -0.3 is 25.6 Å². The van der Waals surface area contributed by atoms with Gasteiger partial charge in [-0.1, -0.05) is 26.0 Å². The van der Waals surface area contributed by atoms with Crippen molar-refractivity contribution in [1.29, 1.82) is 0 Å². The molecule has 0 bridgehead atoms. The number of halogens is 2. The standard InChI is InChI=1S/C31H37F2N7O4.C2H6/c1-17(2)36-27(41)19-12-11-18(3)20(15-19)24-21-16-35-29(42)40(25-22(32)9-8-10-23(25)33)26(21)38-28(37-24)34-13-14-39(7)30(43)44-31(4,5)6;1-2/h8-12,15,17H,13-14,16H2,1-7H3,(H,35,42)(H,36,41)(H,34,37,38);1-2H3. The molecule has 4 amide bonds. The Labute approximate surface area is 268 Å². The lowest BCUT2D eigenvalue weighted by atomic mass is 9.97. The number of hydrogen-bond acceptors (Lipinski definition) is 7. The first-order valence-corrected chi connectivity index (χ1v) is 15.2. The molecule has 4 rings (SSSR count). The smallest absolute Gasteiger partial charge is 0.410 e. The van der Waals surface area contributed by atoms with Crippen LogP contribution in [0, 0.1) is 18.6 Å². The maximum Gasteiger partial charge on any atom is 0.410 e. The van der Waals surface area contributed by atoms with Gasteiger partial charge in [0.1, 0.15) is 22.9 Å². The van der Waals surface area contributed by atoms with Crippen molar-refractivity contribution in [3.05, 3.63) is 64.7 Å². The summed E-state index contributed by atoms with van der Waals surface area (Å²) in [6.07, 6.45) is -0.517. The summed E-state index contributed by atoms with van der Waals surface area (Å²) in [7, 11) is 1.58. The second-order valence-electron chi connectivity index (χ2n) is 11.7. The number of para-hydroxylation sites is 1. The van der Waals surface area contributed by atoms with Crippen molar-refractivity contribution in [2.24, 2.45) is 0 Å². The van der Waals surface area contributed by atoms with Gasteiger partial charge >= 0.3 is 12.1 Å². The molecule has 0 aliphatic carbocycles. The van der Waals surface area contributed by atoms with Gasteiger partial charge in [-0.2, -0.15) is 4.98 Å². The minimum absolute atomic E-state index is 0.0258. The molecule has 1 aromatic heterocycles. The van der Waals surface area contributed by atoms with Crippen LogP contribution in [0.2, 0.25) is 0 Å². The Bertz CT molecular complexity index is 1570. The minimum Gasteiger partial charge on any atom is -0.444 e. The highest BCUT2D eigenvalue weighted by atomic mass is 19.1. The number of carbonyl (C=O) groups excluding carboxylic acids is 3. The fourth-order valence-electron chi connectivity index (χ4n) is 4.50. The fourth-order valence-corrected chi connectivity index (χ4v) is 4.50. The molecule has 0 saturated carbocycles. The summed E-state index contributed by atoms with van der Waals surface area (Å²) < 4.78 is 35.4. The van der Waals surface area contributed by atoms with Crippen LogP contribution >= 0.6 is 0 Å². The van der Waals surface area contributed by atoms with E-state index in [1.807, 2.05) is 34.6 Å². The molecule has 46 heavy (non-hydrogen) atoms. The molecule has 1 aliphatic heterocycles. The van der Waals surface area contributed by atoms with Crippen molar-refractivity contribution in [3.63, 3.8) is 0 Å². The first-order valence-electron chi connectivity index (χ1n) is 15.2. The minimum atomic E-state index is -0.954. The van der Waals surface area contributed by atoms with Crippen molar-refractivity contribution in [2.45, 2.75) is 73.6 Å². The number of aryl methyl sites for hydroxylation is 1. The summed E-state index contributed by atoms with van der Waals surface area (Å²) >= 11 is 0. The molecule has 0 saturated heterocycles. The van der Waals surface area contributed by atoms with Crippen molar-refractivity contribution >= 4 is 35.5 Å². The van der Waals surface area contributed by atoms with E-state index < -0.39 is 35.0 Å². The van der Waals surface area contributed by atoms with E-state index in [-0.39, 0.29) is 43.3 Å². The molecule has 2 heterocycles. The van der Waals surface area contributed by atoms with Crippen LogP contribution in [-0.4, -0.2) is 64.7 Å². The number of benzene rings is 2. The van der Waals surface area contributed by atoms with Crippen molar-refractivity contribution < 1.29 is 27.9 Å². The molecule has 13 heteroatoms. The molecule has 3 N–H and O–H groups in total. The van der Waals surface area contributed by atoms with Crippen LogP contribution in [0.15, 0.2) is 36.4 Å². The second kappa shape index (κ2) is 15.0. The van der Waals surface area contributed by atoms with Crippen LogP contribution in [0.25, 0.3) is 11.3 Å². The normalized spacial score (nSPS) is 12.4. The maximum atomic E-state index is 15.0. The van der Waals surface area contributed by atoms with Crippen molar-refractivity contribution in [2.75, 3.05) is 30.4 Å². The highest BCUT2D eigenvalue weighted by Crippen LogP contribution is 2.39. The molecule has 0 radical (unpaired) electrons. The van der Waals surface area contributed by atoms with E-state index >= 15 is 8.78 Å². The van der Waals surface area contributed by atoms with Gasteiger partial charge in [0.25, 0.3) is 5.91 Å². The number of ether oxygens (including phenoxy) is 1. The molecule has 248 valence electrons. The number of hydrogen-bond donors (Lipinski definition) is 3. The quantitative estimate of drug-likeness (QED) is 0.256. The van der Waals surface area contributed by atoms with Crippen LogP contribution in [-0.2, 0) is 11.3 Å². The first kappa shape index (κ1) is 35.7. The summed E-state index contributed by atoms with van der Waals surface area (Å²) in [6, 6.07) is 7.59. The van der Waals surface area contributed by atoms with E-state index in [1.54, 1.807) is 46.0 Å². The average Bonchev–Trinajstić information content (AvgIpc) is 2.97. The Balaban J connectivity index is 0.00000282. The topological polar surface area (TPSA) is 129 Å². The van der Waals surface area contributed by atoms with Crippen LogP contribution in [0.3, 0.4) is 0 Å². The predicted octanol–water partition coefficient (Wildman–Crippen LogP) is 6.53. The Morgan fingerprint density at radius 3 is 2.37 bits per heavy atom. The summed E-state index contributed by atoms with van der Waals surface area (Å²) in [5, 5.41) is 8.58. The van der Waals surface area contributed by atoms with E-state index in [4.69, 9.17) is 9.72 Å². The SMILES string of the molecule is CC.Cc1ccc(C(=O)NC(C)C)cc1-c1nc(NCCN(C)C(=O)OC(C)(C)C)nc2c1CNC(=O)N2c1c(F)cccc1F. The first-order chi connectivity index (χ1) is 21.7. The summed E-state index contributed by atoms with van der Waals surface area (Å²) in [5.74, 6) is -2.17. The molecule has 0 unspecified atom stereocenters. The highest BCUT2D eigenvalue weighted by molar-refractivity contribution is 6.02. The van der Waals surface area contributed by atoms with Gasteiger partial charge in [-0.25, -0.2) is 28.3 Å². The van der Waals surface area contributed by atoms with E-state index in [0.717, 1.165) is 22.6 Å². The zero-order valence-corrected chi connectivity index (χ0v) is 27.8. The molecule has 0 spiro atoms. The van der Waals surface area contributed by atoms with Gasteiger partial charge in [-0.15, -0.1) is 0 Å². The Morgan fingerprint density at radius 2 is 1.76 bits per heavy atom. The lowest BCUT2D eigenvalue weighted by molar-refractivity contribution is 0.0305. The van der Waals surface area contributed by atoms with Crippen molar-refractivity contribution in [3.8, 4) is 11.3 Å². The third kappa shape index (κ3) is 8.46. The van der Waals surface area contributed by atoms with Gasteiger partial charge in [0.2, 0.25) is 5.95 Å². The second-order valence-corrected chi connectivity index (χ2v) is 11.7. The molecular formula is C33H43F2N7O4. The summed E-state index contributed by atoms with van der Waals surface area (Å²) in [4.78, 5) is 49.9. The Morgan fingerprint density at radius 1 is 1.11 bits per heavy atom. The van der Waals surface area contributed by atoms with Gasteiger partial charge in [-0.05, 0) is 71.4 Å². The number of aromatic nitrogens is 2. The lowest BCUT2D eigenvalue weighted by Gasteiger charge is -2.31. The molecule has 11 nitrogen and oxygen atoms in total. The largest absolute Gasteiger partial charge is 0.444 e. The Kier molecular flexibility index (Phi) is 11.6. The molecule has 3 aromatic rings. The van der Waals surface area contributed by atoms with E-state index in [1.165, 1.54) is 11.0 Å². The number of nitrogens with one attached hydrogen (secondary N) is 3. The average molecular weight is 640 g/mol. The monoisotopic (exact) mass is 639 g/mol. The van der Waals surface area contributed by atoms with Gasteiger partial charge in [-0.3, -0.25) is 4.79 Å². The van der Waals surface area contributed by atoms with Gasteiger partial charge in [0.15, 0.2) is 5.82 Å². The van der Waals surface area contributed by atoms with E-state index in [2.05, 4.69) is 20.9 Å². The third-order valence-corrected chi connectivity index (χ3v) is 6.59. The number of anilines is 3. The zero-order chi connectivity index (χ0) is 34.3. The molecule has 0 fully saturated rings.